The van der Waals surface area contributed by atoms with Crippen molar-refractivity contribution in [2.24, 2.45) is 5.73 Å². The van der Waals surface area contributed by atoms with Gasteiger partial charge in [-0.2, -0.15) is 5.10 Å². The van der Waals surface area contributed by atoms with E-state index in [1.54, 1.807) is 0 Å². The van der Waals surface area contributed by atoms with Gasteiger partial charge in [-0.1, -0.05) is 0 Å². The Kier molecular flexibility index (Phi) is 4.49. The molecule has 0 aliphatic rings. The molecule has 3 N–H and O–H groups in total. The SMILES string of the molecule is CCn1cc(C(C)NC(C)CC(N)=O)cn1. The lowest BCUT2D eigenvalue weighted by Crippen LogP contribution is -2.32. The van der Waals surface area contributed by atoms with E-state index in [0.717, 1.165) is 12.1 Å². The Morgan fingerprint density at radius 3 is 2.81 bits per heavy atom. The lowest BCUT2D eigenvalue weighted by atomic mass is 10.1. The highest BCUT2D eigenvalue weighted by Gasteiger charge is 2.12. The highest BCUT2D eigenvalue weighted by atomic mass is 16.1. The van der Waals surface area contributed by atoms with Crippen molar-refractivity contribution in [1.29, 1.82) is 0 Å². The summed E-state index contributed by atoms with van der Waals surface area (Å²) in [6.07, 6.45) is 4.21. The lowest BCUT2D eigenvalue weighted by Gasteiger charge is -2.17. The summed E-state index contributed by atoms with van der Waals surface area (Å²) < 4.78 is 1.88. The summed E-state index contributed by atoms with van der Waals surface area (Å²) in [4.78, 5) is 10.7. The van der Waals surface area contributed by atoms with Crippen molar-refractivity contribution in [2.75, 3.05) is 0 Å². The van der Waals surface area contributed by atoms with Gasteiger partial charge in [0.25, 0.3) is 0 Å². The number of amides is 1. The van der Waals surface area contributed by atoms with Crippen molar-refractivity contribution in [1.82, 2.24) is 15.1 Å². The van der Waals surface area contributed by atoms with E-state index >= 15 is 0 Å². The average Bonchev–Trinajstić information content (AvgIpc) is 2.64. The first-order chi connectivity index (χ1) is 7.52. The van der Waals surface area contributed by atoms with Gasteiger partial charge < -0.3 is 11.1 Å². The number of carbonyl (C=O) groups excluding carboxylic acids is 1. The number of hydrogen-bond donors (Lipinski definition) is 2. The molecule has 0 bridgehead atoms. The standard InChI is InChI=1S/C11H20N4O/c1-4-15-7-10(6-13-15)9(3)14-8(2)5-11(12)16/h6-9,14H,4-5H2,1-3H3,(H2,12,16). The molecule has 16 heavy (non-hydrogen) atoms. The van der Waals surface area contributed by atoms with E-state index in [1.165, 1.54) is 0 Å². The van der Waals surface area contributed by atoms with E-state index in [0.29, 0.717) is 6.42 Å². The van der Waals surface area contributed by atoms with Crippen LogP contribution < -0.4 is 11.1 Å². The van der Waals surface area contributed by atoms with Gasteiger partial charge in [-0.3, -0.25) is 9.48 Å². The zero-order valence-electron chi connectivity index (χ0n) is 10.1. The molecule has 5 heteroatoms. The molecule has 1 rings (SSSR count). The predicted octanol–water partition coefficient (Wildman–Crippen LogP) is 0.817. The third-order valence-corrected chi connectivity index (χ3v) is 2.52. The lowest BCUT2D eigenvalue weighted by molar-refractivity contribution is -0.118. The molecular weight excluding hydrogens is 204 g/mol. The van der Waals surface area contributed by atoms with Gasteiger partial charge in [0.1, 0.15) is 0 Å². The molecule has 0 saturated carbocycles. The van der Waals surface area contributed by atoms with Crippen LogP contribution in [0.1, 0.15) is 38.8 Å². The Morgan fingerprint density at radius 2 is 2.31 bits per heavy atom. The molecule has 0 aliphatic heterocycles. The topological polar surface area (TPSA) is 72.9 Å². The van der Waals surface area contributed by atoms with Crippen LogP contribution in [0.25, 0.3) is 0 Å². The van der Waals surface area contributed by atoms with Crippen LogP contribution >= 0.6 is 0 Å². The Bertz CT molecular complexity index is 348. The number of rotatable bonds is 6. The molecule has 0 spiro atoms. The summed E-state index contributed by atoms with van der Waals surface area (Å²) >= 11 is 0. The van der Waals surface area contributed by atoms with Gasteiger partial charge in [0.05, 0.1) is 6.20 Å². The maximum absolute atomic E-state index is 10.7. The Labute approximate surface area is 96.0 Å². The molecule has 1 aromatic heterocycles. The van der Waals surface area contributed by atoms with Gasteiger partial charge in [-0.05, 0) is 20.8 Å². The molecule has 2 unspecified atom stereocenters. The fourth-order valence-electron chi connectivity index (χ4n) is 1.66. The third kappa shape index (κ3) is 3.66. The van der Waals surface area contributed by atoms with Crippen LogP contribution in [-0.4, -0.2) is 21.7 Å². The zero-order chi connectivity index (χ0) is 12.1. The Balaban J connectivity index is 2.51. The molecule has 5 nitrogen and oxygen atoms in total. The number of nitrogens with zero attached hydrogens (tertiary/aromatic N) is 2. The van der Waals surface area contributed by atoms with Crippen LogP contribution in [-0.2, 0) is 11.3 Å². The van der Waals surface area contributed by atoms with Crippen LogP contribution in [0.5, 0.6) is 0 Å². The molecule has 1 heterocycles. The second-order valence-electron chi connectivity index (χ2n) is 4.09. The van der Waals surface area contributed by atoms with Gasteiger partial charge in [-0.15, -0.1) is 0 Å². The minimum atomic E-state index is -0.281. The molecule has 1 aromatic rings. The Hall–Kier alpha value is -1.36. The zero-order valence-corrected chi connectivity index (χ0v) is 10.1. The van der Waals surface area contributed by atoms with E-state index in [4.69, 9.17) is 5.73 Å². The van der Waals surface area contributed by atoms with E-state index < -0.39 is 0 Å². The minimum Gasteiger partial charge on any atom is -0.370 e. The summed E-state index contributed by atoms with van der Waals surface area (Å²) in [6, 6.07) is 0.257. The van der Waals surface area contributed by atoms with E-state index in [9.17, 15) is 4.79 Å². The van der Waals surface area contributed by atoms with Crippen molar-refractivity contribution < 1.29 is 4.79 Å². The van der Waals surface area contributed by atoms with E-state index in [1.807, 2.05) is 30.9 Å². The molecule has 0 saturated heterocycles. The smallest absolute Gasteiger partial charge is 0.218 e. The molecule has 2 atom stereocenters. The van der Waals surface area contributed by atoms with Crippen LogP contribution in [0.2, 0.25) is 0 Å². The minimum absolute atomic E-state index is 0.0810. The predicted molar refractivity (Wildman–Crippen MR) is 62.7 cm³/mol. The number of hydrogen-bond acceptors (Lipinski definition) is 3. The summed E-state index contributed by atoms with van der Waals surface area (Å²) in [5, 5.41) is 7.52. The molecule has 0 aliphatic carbocycles. The average molecular weight is 224 g/mol. The van der Waals surface area contributed by atoms with Crippen LogP contribution in [0, 0.1) is 0 Å². The van der Waals surface area contributed by atoms with Crippen LogP contribution in [0.3, 0.4) is 0 Å². The van der Waals surface area contributed by atoms with Crippen molar-refractivity contribution in [3.8, 4) is 0 Å². The number of aromatic nitrogens is 2. The number of nitrogens with one attached hydrogen (secondary N) is 1. The summed E-state index contributed by atoms with van der Waals surface area (Å²) in [5.74, 6) is -0.281. The maximum Gasteiger partial charge on any atom is 0.218 e. The number of carbonyl (C=O) groups is 1. The van der Waals surface area contributed by atoms with Gasteiger partial charge in [-0.25, -0.2) is 0 Å². The molecule has 0 fully saturated rings. The van der Waals surface area contributed by atoms with Crippen molar-refractivity contribution in [3.63, 3.8) is 0 Å². The second kappa shape index (κ2) is 5.65. The first-order valence-electron chi connectivity index (χ1n) is 5.59. The fourth-order valence-corrected chi connectivity index (χ4v) is 1.66. The summed E-state index contributed by atoms with van der Waals surface area (Å²) in [5.41, 5.74) is 6.26. The number of primary amides is 1. The van der Waals surface area contributed by atoms with Gasteiger partial charge in [0.2, 0.25) is 5.91 Å². The number of aryl methyl sites for hydroxylation is 1. The van der Waals surface area contributed by atoms with E-state index in [-0.39, 0.29) is 18.0 Å². The largest absolute Gasteiger partial charge is 0.370 e. The highest BCUT2D eigenvalue weighted by Crippen LogP contribution is 2.12. The maximum atomic E-state index is 10.7. The van der Waals surface area contributed by atoms with Crippen molar-refractivity contribution in [3.05, 3.63) is 18.0 Å². The first-order valence-corrected chi connectivity index (χ1v) is 5.59. The second-order valence-corrected chi connectivity index (χ2v) is 4.09. The Morgan fingerprint density at radius 1 is 1.62 bits per heavy atom. The molecule has 90 valence electrons. The van der Waals surface area contributed by atoms with Crippen molar-refractivity contribution >= 4 is 5.91 Å². The monoisotopic (exact) mass is 224 g/mol. The summed E-state index contributed by atoms with van der Waals surface area (Å²) in [6.45, 7) is 6.91. The molecule has 1 amide bonds. The molecular formula is C11H20N4O. The van der Waals surface area contributed by atoms with Gasteiger partial charge >= 0.3 is 0 Å². The van der Waals surface area contributed by atoms with Crippen molar-refractivity contribution in [2.45, 2.75) is 45.8 Å². The van der Waals surface area contributed by atoms with E-state index in [2.05, 4.69) is 17.3 Å². The van der Waals surface area contributed by atoms with Gasteiger partial charge in [0.15, 0.2) is 0 Å². The normalized spacial score (nSPS) is 14.7. The van der Waals surface area contributed by atoms with Gasteiger partial charge in [0, 0.05) is 36.8 Å². The summed E-state index contributed by atoms with van der Waals surface area (Å²) in [7, 11) is 0. The molecule has 0 aromatic carbocycles. The molecule has 0 radical (unpaired) electrons. The number of nitrogens with two attached hydrogens (primary N) is 1. The third-order valence-electron chi connectivity index (χ3n) is 2.52. The highest BCUT2D eigenvalue weighted by molar-refractivity contribution is 5.74. The van der Waals surface area contributed by atoms with Crippen LogP contribution in [0.4, 0.5) is 0 Å². The quantitative estimate of drug-likeness (QED) is 0.751. The fraction of sp³-hybridized carbons (Fsp3) is 0.636. The first kappa shape index (κ1) is 12.7. The van der Waals surface area contributed by atoms with Crippen LogP contribution in [0.15, 0.2) is 12.4 Å².